The van der Waals surface area contributed by atoms with Crippen molar-refractivity contribution in [2.75, 3.05) is 0 Å². The second-order valence-corrected chi connectivity index (χ2v) is 5.72. The fourth-order valence-electron chi connectivity index (χ4n) is 2.55. The molecule has 0 aromatic heterocycles. The number of carbonyl (C=O) groups is 1. The molecule has 3 aromatic rings. The van der Waals surface area contributed by atoms with Crippen molar-refractivity contribution in [3.63, 3.8) is 0 Å². The molecule has 1 unspecified atom stereocenters. The maximum absolute atomic E-state index is 12.7. The molecule has 21 heavy (non-hydrogen) atoms. The minimum absolute atomic E-state index is 0.0824. The molecule has 0 spiro atoms. The van der Waals surface area contributed by atoms with Gasteiger partial charge in [-0.25, -0.2) is 0 Å². The van der Waals surface area contributed by atoms with Gasteiger partial charge in [0.05, 0.1) is 5.25 Å². The highest BCUT2D eigenvalue weighted by atomic mass is 32.1. The monoisotopic (exact) mass is 292 g/mol. The molecule has 0 aliphatic rings. The fraction of sp³-hybridized carbons (Fsp3) is 0.105. The van der Waals surface area contributed by atoms with E-state index in [9.17, 15) is 4.79 Å². The lowest BCUT2D eigenvalue weighted by Gasteiger charge is -2.12. The molecule has 1 atom stereocenters. The SMILES string of the molecule is O=C(c1cccc2ccccc12)C(S)Cc1ccccc1. The lowest BCUT2D eigenvalue weighted by molar-refractivity contribution is 0.0991. The zero-order chi connectivity index (χ0) is 14.7. The maximum atomic E-state index is 12.7. The average Bonchev–Trinajstić information content (AvgIpc) is 2.54. The van der Waals surface area contributed by atoms with Crippen LogP contribution in [0.2, 0.25) is 0 Å². The Morgan fingerprint density at radius 1 is 0.857 bits per heavy atom. The normalized spacial score (nSPS) is 12.2. The Labute approximate surface area is 130 Å². The fourth-order valence-corrected chi connectivity index (χ4v) is 2.90. The van der Waals surface area contributed by atoms with Gasteiger partial charge in [0.15, 0.2) is 5.78 Å². The van der Waals surface area contributed by atoms with Crippen LogP contribution in [0.4, 0.5) is 0 Å². The van der Waals surface area contributed by atoms with Crippen molar-refractivity contribution >= 4 is 29.2 Å². The van der Waals surface area contributed by atoms with Crippen molar-refractivity contribution in [1.82, 2.24) is 0 Å². The molecule has 0 N–H and O–H groups in total. The van der Waals surface area contributed by atoms with Crippen molar-refractivity contribution < 1.29 is 4.79 Å². The molecule has 0 saturated heterocycles. The molecular weight excluding hydrogens is 276 g/mol. The Morgan fingerprint density at radius 2 is 1.52 bits per heavy atom. The predicted molar refractivity (Wildman–Crippen MR) is 91.2 cm³/mol. The van der Waals surface area contributed by atoms with Crippen molar-refractivity contribution in [3.05, 3.63) is 83.9 Å². The van der Waals surface area contributed by atoms with E-state index in [0.29, 0.717) is 6.42 Å². The summed E-state index contributed by atoms with van der Waals surface area (Å²) in [7, 11) is 0. The van der Waals surface area contributed by atoms with Crippen LogP contribution in [-0.4, -0.2) is 11.0 Å². The topological polar surface area (TPSA) is 17.1 Å². The number of carbonyl (C=O) groups excluding carboxylic acids is 1. The first kappa shape index (κ1) is 13.9. The van der Waals surface area contributed by atoms with Crippen molar-refractivity contribution in [1.29, 1.82) is 0 Å². The van der Waals surface area contributed by atoms with Gasteiger partial charge in [-0.05, 0) is 22.8 Å². The van der Waals surface area contributed by atoms with Crippen LogP contribution in [0.1, 0.15) is 15.9 Å². The van der Waals surface area contributed by atoms with Gasteiger partial charge < -0.3 is 0 Å². The molecular formula is C19H16OS. The first-order valence-electron chi connectivity index (χ1n) is 6.99. The third-order valence-corrected chi connectivity index (χ3v) is 4.05. The van der Waals surface area contributed by atoms with Gasteiger partial charge in [0.2, 0.25) is 0 Å². The number of benzene rings is 3. The molecule has 0 radical (unpaired) electrons. The molecule has 0 fully saturated rings. The highest BCUT2D eigenvalue weighted by Gasteiger charge is 2.18. The Morgan fingerprint density at radius 3 is 2.33 bits per heavy atom. The van der Waals surface area contributed by atoms with Crippen LogP contribution in [0, 0.1) is 0 Å². The Balaban J connectivity index is 1.90. The number of thiol groups is 1. The van der Waals surface area contributed by atoms with Crippen molar-refractivity contribution in [3.8, 4) is 0 Å². The summed E-state index contributed by atoms with van der Waals surface area (Å²) in [5.41, 5.74) is 1.88. The minimum atomic E-state index is -0.321. The van der Waals surface area contributed by atoms with E-state index in [1.165, 1.54) is 0 Å². The lowest BCUT2D eigenvalue weighted by Crippen LogP contribution is -2.18. The highest BCUT2D eigenvalue weighted by Crippen LogP contribution is 2.22. The van der Waals surface area contributed by atoms with Crippen LogP contribution in [0.15, 0.2) is 72.8 Å². The Bertz CT molecular complexity index is 759. The van der Waals surface area contributed by atoms with Crippen LogP contribution >= 0.6 is 12.6 Å². The average molecular weight is 292 g/mol. The third-order valence-electron chi connectivity index (χ3n) is 3.63. The van der Waals surface area contributed by atoms with Gasteiger partial charge >= 0.3 is 0 Å². The summed E-state index contributed by atoms with van der Waals surface area (Å²) in [6, 6.07) is 23.8. The van der Waals surface area contributed by atoms with Crippen LogP contribution in [0.25, 0.3) is 10.8 Å². The van der Waals surface area contributed by atoms with Crippen LogP contribution < -0.4 is 0 Å². The molecule has 3 aromatic carbocycles. The van der Waals surface area contributed by atoms with E-state index in [1.807, 2.05) is 72.8 Å². The lowest BCUT2D eigenvalue weighted by atomic mass is 9.97. The van der Waals surface area contributed by atoms with E-state index in [1.54, 1.807) is 0 Å². The van der Waals surface area contributed by atoms with Gasteiger partial charge in [0.25, 0.3) is 0 Å². The van der Waals surface area contributed by atoms with Gasteiger partial charge in [-0.2, -0.15) is 12.6 Å². The quantitative estimate of drug-likeness (QED) is 0.551. The minimum Gasteiger partial charge on any atom is -0.293 e. The summed E-state index contributed by atoms with van der Waals surface area (Å²) >= 11 is 4.52. The van der Waals surface area contributed by atoms with Gasteiger partial charge in [-0.1, -0.05) is 72.8 Å². The van der Waals surface area contributed by atoms with E-state index < -0.39 is 0 Å². The zero-order valence-electron chi connectivity index (χ0n) is 11.6. The number of fused-ring (bicyclic) bond motifs is 1. The Kier molecular flexibility index (Phi) is 4.07. The van der Waals surface area contributed by atoms with E-state index in [4.69, 9.17) is 0 Å². The standard InChI is InChI=1S/C19H16OS/c20-19(18(21)13-14-7-2-1-3-8-14)17-12-6-10-15-9-4-5-11-16(15)17/h1-12,18,21H,13H2. The first-order valence-corrected chi connectivity index (χ1v) is 7.51. The first-order chi connectivity index (χ1) is 10.3. The van der Waals surface area contributed by atoms with Gasteiger partial charge in [0, 0.05) is 5.56 Å². The number of rotatable bonds is 4. The third kappa shape index (κ3) is 3.01. The molecule has 0 bridgehead atoms. The Hall–Kier alpha value is -2.06. The van der Waals surface area contributed by atoms with E-state index in [2.05, 4.69) is 12.6 Å². The molecule has 104 valence electrons. The van der Waals surface area contributed by atoms with Crippen LogP contribution in [0.3, 0.4) is 0 Å². The predicted octanol–water partition coefficient (Wildman–Crippen LogP) is 4.56. The van der Waals surface area contributed by atoms with E-state index in [-0.39, 0.29) is 11.0 Å². The number of hydrogen-bond donors (Lipinski definition) is 1. The highest BCUT2D eigenvalue weighted by molar-refractivity contribution is 7.81. The van der Waals surface area contributed by atoms with E-state index >= 15 is 0 Å². The zero-order valence-corrected chi connectivity index (χ0v) is 12.5. The van der Waals surface area contributed by atoms with E-state index in [0.717, 1.165) is 21.9 Å². The van der Waals surface area contributed by atoms with Crippen molar-refractivity contribution in [2.24, 2.45) is 0 Å². The number of Topliss-reactive ketones (excluding diaryl/α,β-unsaturated/α-hetero) is 1. The maximum Gasteiger partial charge on any atom is 0.176 e. The summed E-state index contributed by atoms with van der Waals surface area (Å²) < 4.78 is 0. The molecule has 0 heterocycles. The second-order valence-electron chi connectivity index (χ2n) is 5.10. The molecule has 0 aliphatic carbocycles. The molecule has 3 rings (SSSR count). The van der Waals surface area contributed by atoms with Crippen molar-refractivity contribution in [2.45, 2.75) is 11.7 Å². The largest absolute Gasteiger partial charge is 0.293 e. The van der Waals surface area contributed by atoms with Crippen LogP contribution in [0.5, 0.6) is 0 Å². The summed E-state index contributed by atoms with van der Waals surface area (Å²) in [5, 5.41) is 1.76. The number of ketones is 1. The second kappa shape index (κ2) is 6.15. The van der Waals surface area contributed by atoms with Crippen LogP contribution in [-0.2, 0) is 6.42 Å². The summed E-state index contributed by atoms with van der Waals surface area (Å²) in [5.74, 6) is 0.0824. The van der Waals surface area contributed by atoms with Gasteiger partial charge in [0.1, 0.15) is 0 Å². The van der Waals surface area contributed by atoms with Gasteiger partial charge in [-0.3, -0.25) is 4.79 Å². The smallest absolute Gasteiger partial charge is 0.176 e. The molecule has 0 saturated carbocycles. The number of hydrogen-bond acceptors (Lipinski definition) is 2. The summed E-state index contributed by atoms with van der Waals surface area (Å²) in [4.78, 5) is 12.7. The molecule has 0 amide bonds. The molecule has 2 heteroatoms. The molecule has 1 nitrogen and oxygen atoms in total. The van der Waals surface area contributed by atoms with Gasteiger partial charge in [-0.15, -0.1) is 0 Å². The summed E-state index contributed by atoms with van der Waals surface area (Å²) in [6.45, 7) is 0. The molecule has 0 aliphatic heterocycles. The summed E-state index contributed by atoms with van der Waals surface area (Å²) in [6.07, 6.45) is 0.645.